The van der Waals surface area contributed by atoms with Crippen LogP contribution < -0.4 is 0 Å². The Hall–Kier alpha value is -0.830. The van der Waals surface area contributed by atoms with Gasteiger partial charge >= 0.3 is 5.97 Å². The summed E-state index contributed by atoms with van der Waals surface area (Å²) in [5.74, 6) is -1.05. The Kier molecular flexibility index (Phi) is 4.54. The molecule has 0 spiro atoms. The van der Waals surface area contributed by atoms with Gasteiger partial charge in [-0.05, 0) is 6.92 Å². The van der Waals surface area contributed by atoms with Gasteiger partial charge in [0.25, 0.3) is 0 Å². The van der Waals surface area contributed by atoms with E-state index in [0.717, 1.165) is 0 Å². The standard InChI is InChI=1S/C8H14O3/c1-3-4-6(2)7(9)5-8(10)11/h3-4,6-7,9H,5H2,1-2H3,(H,10,11)/b4-3+. The van der Waals surface area contributed by atoms with Gasteiger partial charge in [0.05, 0.1) is 12.5 Å². The molecule has 0 aliphatic carbocycles. The maximum absolute atomic E-state index is 10.1. The minimum absolute atomic E-state index is 0.0869. The average molecular weight is 158 g/mol. The molecule has 0 radical (unpaired) electrons. The highest BCUT2D eigenvalue weighted by Gasteiger charge is 2.14. The maximum atomic E-state index is 10.1. The van der Waals surface area contributed by atoms with Crippen molar-refractivity contribution in [1.82, 2.24) is 0 Å². The van der Waals surface area contributed by atoms with Crippen LogP contribution in [0.5, 0.6) is 0 Å². The lowest BCUT2D eigenvalue weighted by atomic mass is 10.0. The molecule has 0 aromatic carbocycles. The van der Waals surface area contributed by atoms with Crippen LogP contribution in [0.2, 0.25) is 0 Å². The number of allylic oxidation sites excluding steroid dienone is 1. The second-order valence-corrected chi connectivity index (χ2v) is 2.55. The number of hydrogen-bond donors (Lipinski definition) is 2. The van der Waals surface area contributed by atoms with Crippen LogP contribution in [0.15, 0.2) is 12.2 Å². The predicted molar refractivity (Wildman–Crippen MR) is 42.2 cm³/mol. The zero-order valence-corrected chi connectivity index (χ0v) is 6.82. The van der Waals surface area contributed by atoms with E-state index < -0.39 is 12.1 Å². The lowest BCUT2D eigenvalue weighted by Crippen LogP contribution is -2.19. The van der Waals surface area contributed by atoms with E-state index in [9.17, 15) is 9.90 Å². The largest absolute Gasteiger partial charge is 0.481 e. The minimum atomic E-state index is -0.964. The third-order valence-corrected chi connectivity index (χ3v) is 1.49. The molecule has 0 saturated carbocycles. The average Bonchev–Trinajstić information content (AvgIpc) is 1.86. The van der Waals surface area contributed by atoms with Gasteiger partial charge in [-0.1, -0.05) is 19.1 Å². The van der Waals surface area contributed by atoms with Gasteiger partial charge in [0, 0.05) is 5.92 Å². The first-order chi connectivity index (χ1) is 5.07. The number of carbonyl (C=O) groups is 1. The monoisotopic (exact) mass is 158 g/mol. The van der Waals surface area contributed by atoms with Gasteiger partial charge in [0.1, 0.15) is 0 Å². The van der Waals surface area contributed by atoms with Gasteiger partial charge in [-0.2, -0.15) is 0 Å². The van der Waals surface area contributed by atoms with Gasteiger partial charge in [0.15, 0.2) is 0 Å². The zero-order valence-electron chi connectivity index (χ0n) is 6.82. The number of aliphatic carboxylic acids is 1. The molecule has 2 unspecified atom stereocenters. The van der Waals surface area contributed by atoms with Gasteiger partial charge < -0.3 is 10.2 Å². The van der Waals surface area contributed by atoms with Crippen LogP contribution in [0, 0.1) is 5.92 Å². The molecule has 0 aromatic heterocycles. The van der Waals surface area contributed by atoms with Crippen molar-refractivity contribution in [2.75, 3.05) is 0 Å². The molecule has 2 N–H and O–H groups in total. The third-order valence-electron chi connectivity index (χ3n) is 1.49. The lowest BCUT2D eigenvalue weighted by molar-refractivity contribution is -0.139. The van der Waals surface area contributed by atoms with Crippen LogP contribution in [0.25, 0.3) is 0 Å². The van der Waals surface area contributed by atoms with Gasteiger partial charge in [-0.3, -0.25) is 4.79 Å². The van der Waals surface area contributed by atoms with Crippen LogP contribution >= 0.6 is 0 Å². The molecule has 0 heterocycles. The fraction of sp³-hybridized carbons (Fsp3) is 0.625. The molecule has 64 valence electrons. The first-order valence-corrected chi connectivity index (χ1v) is 3.60. The molecule has 0 rings (SSSR count). The summed E-state index contributed by atoms with van der Waals surface area (Å²) < 4.78 is 0. The molecule has 0 saturated heterocycles. The molecule has 3 heteroatoms. The first kappa shape index (κ1) is 10.2. The number of carboxylic acid groups (broad SMARTS) is 1. The van der Waals surface area contributed by atoms with Gasteiger partial charge in [-0.25, -0.2) is 0 Å². The molecular formula is C8H14O3. The summed E-state index contributed by atoms with van der Waals surface area (Å²) in [6, 6.07) is 0. The number of rotatable bonds is 4. The molecule has 0 aromatic rings. The van der Waals surface area contributed by atoms with E-state index in [1.807, 2.05) is 6.92 Å². The van der Waals surface area contributed by atoms with E-state index in [-0.39, 0.29) is 12.3 Å². The Morgan fingerprint density at radius 2 is 2.18 bits per heavy atom. The topological polar surface area (TPSA) is 57.5 Å². The van der Waals surface area contributed by atoms with Crippen molar-refractivity contribution in [1.29, 1.82) is 0 Å². The van der Waals surface area contributed by atoms with E-state index in [1.165, 1.54) is 0 Å². The molecular weight excluding hydrogens is 144 g/mol. The fourth-order valence-electron chi connectivity index (χ4n) is 0.797. The summed E-state index contributed by atoms with van der Waals surface area (Å²) in [5, 5.41) is 17.5. The SMILES string of the molecule is C/C=C/C(C)C(O)CC(=O)O. The van der Waals surface area contributed by atoms with Crippen molar-refractivity contribution in [2.45, 2.75) is 26.4 Å². The predicted octanol–water partition coefficient (Wildman–Crippen LogP) is 1.03. The molecule has 3 nitrogen and oxygen atoms in total. The van der Waals surface area contributed by atoms with E-state index in [0.29, 0.717) is 0 Å². The summed E-state index contributed by atoms with van der Waals surface area (Å²) in [7, 11) is 0. The van der Waals surface area contributed by atoms with Crippen LogP contribution in [-0.4, -0.2) is 22.3 Å². The van der Waals surface area contributed by atoms with Crippen molar-refractivity contribution < 1.29 is 15.0 Å². The second kappa shape index (κ2) is 4.91. The number of aliphatic hydroxyl groups excluding tert-OH is 1. The zero-order chi connectivity index (χ0) is 8.85. The molecule has 0 aliphatic rings. The van der Waals surface area contributed by atoms with E-state index >= 15 is 0 Å². The van der Waals surface area contributed by atoms with Gasteiger partial charge in [0.2, 0.25) is 0 Å². The minimum Gasteiger partial charge on any atom is -0.481 e. The van der Waals surface area contributed by atoms with Crippen molar-refractivity contribution in [3.63, 3.8) is 0 Å². The fourth-order valence-corrected chi connectivity index (χ4v) is 0.797. The number of carboxylic acids is 1. The van der Waals surface area contributed by atoms with Crippen LogP contribution in [0.3, 0.4) is 0 Å². The smallest absolute Gasteiger partial charge is 0.305 e. The van der Waals surface area contributed by atoms with E-state index in [4.69, 9.17) is 5.11 Å². The van der Waals surface area contributed by atoms with Crippen LogP contribution in [-0.2, 0) is 4.79 Å². The highest BCUT2D eigenvalue weighted by molar-refractivity contribution is 5.67. The molecule has 0 bridgehead atoms. The molecule has 0 aliphatic heterocycles. The first-order valence-electron chi connectivity index (χ1n) is 3.60. The second-order valence-electron chi connectivity index (χ2n) is 2.55. The van der Waals surface area contributed by atoms with Crippen LogP contribution in [0.4, 0.5) is 0 Å². The summed E-state index contributed by atoms with van der Waals surface area (Å²) in [6.07, 6.45) is 2.62. The third kappa shape index (κ3) is 4.56. The molecule has 0 amide bonds. The van der Waals surface area contributed by atoms with Crippen molar-refractivity contribution in [3.05, 3.63) is 12.2 Å². The Morgan fingerprint density at radius 3 is 2.55 bits per heavy atom. The van der Waals surface area contributed by atoms with Crippen LogP contribution in [0.1, 0.15) is 20.3 Å². The molecule has 2 atom stereocenters. The van der Waals surface area contributed by atoms with Crippen molar-refractivity contribution >= 4 is 5.97 Å². The summed E-state index contributed by atoms with van der Waals surface area (Å²) in [4.78, 5) is 10.1. The Bertz CT molecular complexity index is 151. The Labute approximate surface area is 66.4 Å². The highest BCUT2D eigenvalue weighted by atomic mass is 16.4. The maximum Gasteiger partial charge on any atom is 0.305 e. The molecule has 0 fully saturated rings. The van der Waals surface area contributed by atoms with Crippen molar-refractivity contribution in [2.24, 2.45) is 5.92 Å². The van der Waals surface area contributed by atoms with Gasteiger partial charge in [-0.15, -0.1) is 0 Å². The van der Waals surface area contributed by atoms with Crippen molar-refractivity contribution in [3.8, 4) is 0 Å². The number of hydrogen-bond acceptors (Lipinski definition) is 2. The number of aliphatic hydroxyl groups is 1. The Morgan fingerprint density at radius 1 is 1.64 bits per heavy atom. The van der Waals surface area contributed by atoms with E-state index in [2.05, 4.69) is 0 Å². The Balaban J connectivity index is 3.81. The normalized spacial score (nSPS) is 16.6. The summed E-state index contributed by atoms with van der Waals surface area (Å²) in [6.45, 7) is 3.62. The highest BCUT2D eigenvalue weighted by Crippen LogP contribution is 2.07. The van der Waals surface area contributed by atoms with E-state index in [1.54, 1.807) is 19.1 Å². The summed E-state index contributed by atoms with van der Waals surface area (Å²) >= 11 is 0. The summed E-state index contributed by atoms with van der Waals surface area (Å²) in [5.41, 5.74) is 0. The quantitative estimate of drug-likeness (QED) is 0.601. The molecule has 11 heavy (non-hydrogen) atoms. The lowest BCUT2D eigenvalue weighted by Gasteiger charge is -2.11.